The largest absolute Gasteiger partial charge is 0.297 e. The minimum absolute atomic E-state index is 0.949. The highest BCUT2D eigenvalue weighted by Crippen LogP contribution is 2.13. The predicted octanol–water partition coefficient (Wildman–Crippen LogP) is 4.30. The van der Waals surface area contributed by atoms with Crippen LogP contribution in [-0.4, -0.2) is 13.3 Å². The molecule has 0 saturated heterocycles. The van der Waals surface area contributed by atoms with Gasteiger partial charge in [0.1, 0.15) is 0 Å². The second-order valence-electron chi connectivity index (χ2n) is 4.14. The fourth-order valence-electron chi connectivity index (χ4n) is 1.67. The molecule has 0 aliphatic carbocycles. The van der Waals surface area contributed by atoms with Crippen molar-refractivity contribution < 1.29 is 0 Å². The smallest absolute Gasteiger partial charge is 0.0277 e. The number of aryl methyl sites for hydroxylation is 1. The van der Waals surface area contributed by atoms with Crippen LogP contribution >= 0.6 is 0 Å². The maximum atomic E-state index is 3.96. The third kappa shape index (κ3) is 4.96. The summed E-state index contributed by atoms with van der Waals surface area (Å²) in [6.07, 6.45) is 13.1. The summed E-state index contributed by atoms with van der Waals surface area (Å²) in [5.74, 6) is 0. The molecule has 1 aromatic rings. The van der Waals surface area contributed by atoms with Gasteiger partial charge in [-0.1, -0.05) is 48.6 Å². The van der Waals surface area contributed by atoms with Gasteiger partial charge in [0.05, 0.1) is 0 Å². The van der Waals surface area contributed by atoms with E-state index in [1.165, 1.54) is 16.7 Å². The molecule has 94 valence electrons. The highest BCUT2D eigenvalue weighted by molar-refractivity contribution is 5.71. The molecule has 0 radical (unpaired) electrons. The highest BCUT2D eigenvalue weighted by Gasteiger charge is 1.98. The van der Waals surface area contributed by atoms with E-state index in [4.69, 9.17) is 0 Å². The average molecular weight is 239 g/mol. The van der Waals surface area contributed by atoms with Gasteiger partial charge in [0.25, 0.3) is 0 Å². The molecule has 0 saturated carbocycles. The second kappa shape index (κ2) is 8.24. The van der Waals surface area contributed by atoms with Gasteiger partial charge in [0, 0.05) is 13.3 Å². The maximum absolute atomic E-state index is 3.96. The Kier molecular flexibility index (Phi) is 6.49. The number of hydrogen-bond donors (Lipinski definition) is 0. The SMILES string of the molecule is C\C=C/C=C(/C=C/C=N/C)Cc1ccccc1C. The van der Waals surface area contributed by atoms with Crippen LogP contribution < -0.4 is 0 Å². The Bertz CT molecular complexity index is 476. The van der Waals surface area contributed by atoms with E-state index >= 15 is 0 Å². The molecule has 1 heteroatoms. The molecule has 0 heterocycles. The third-order valence-corrected chi connectivity index (χ3v) is 2.70. The average Bonchev–Trinajstić information content (AvgIpc) is 2.38. The van der Waals surface area contributed by atoms with Gasteiger partial charge in [-0.3, -0.25) is 4.99 Å². The molecule has 0 fully saturated rings. The molecular formula is C17H21N. The van der Waals surface area contributed by atoms with Crippen LogP contribution in [0.25, 0.3) is 0 Å². The first-order valence-corrected chi connectivity index (χ1v) is 6.23. The molecule has 0 unspecified atom stereocenters. The Labute approximate surface area is 110 Å². The minimum atomic E-state index is 0.949. The van der Waals surface area contributed by atoms with E-state index < -0.39 is 0 Å². The van der Waals surface area contributed by atoms with E-state index in [0.717, 1.165) is 6.42 Å². The van der Waals surface area contributed by atoms with E-state index in [1.54, 1.807) is 13.3 Å². The number of rotatable bonds is 5. The van der Waals surface area contributed by atoms with E-state index in [1.807, 2.05) is 19.1 Å². The molecule has 0 atom stereocenters. The van der Waals surface area contributed by atoms with Crippen LogP contribution in [0.5, 0.6) is 0 Å². The lowest BCUT2D eigenvalue weighted by Crippen LogP contribution is -1.91. The zero-order valence-electron chi connectivity index (χ0n) is 11.4. The molecule has 0 N–H and O–H groups in total. The fraction of sp³-hybridized carbons (Fsp3) is 0.235. The maximum Gasteiger partial charge on any atom is 0.0277 e. The molecule has 0 spiro atoms. The molecular weight excluding hydrogens is 218 g/mol. The van der Waals surface area contributed by atoms with Crippen molar-refractivity contribution in [3.05, 3.63) is 71.3 Å². The van der Waals surface area contributed by atoms with Crippen molar-refractivity contribution in [2.45, 2.75) is 20.3 Å². The van der Waals surface area contributed by atoms with Crippen molar-refractivity contribution in [1.29, 1.82) is 0 Å². The summed E-state index contributed by atoms with van der Waals surface area (Å²) in [7, 11) is 1.78. The van der Waals surface area contributed by atoms with Gasteiger partial charge in [0.15, 0.2) is 0 Å². The standard InChI is InChI=1S/C17H21N/c1-4-5-10-16(11-8-13-18-3)14-17-12-7-6-9-15(17)2/h4-13H,14H2,1-3H3/b5-4-,11-8+,16-10-,18-13+. The first kappa shape index (κ1) is 14.2. The Morgan fingerprint density at radius 3 is 2.67 bits per heavy atom. The highest BCUT2D eigenvalue weighted by atomic mass is 14.6. The Balaban J connectivity index is 2.88. The zero-order chi connectivity index (χ0) is 13.2. The summed E-state index contributed by atoms with van der Waals surface area (Å²) in [5, 5.41) is 0. The first-order chi connectivity index (χ1) is 8.77. The second-order valence-corrected chi connectivity index (χ2v) is 4.14. The molecule has 1 rings (SSSR count). The van der Waals surface area contributed by atoms with Gasteiger partial charge < -0.3 is 0 Å². The Morgan fingerprint density at radius 2 is 2.00 bits per heavy atom. The summed E-state index contributed by atoms with van der Waals surface area (Å²) >= 11 is 0. The molecule has 0 amide bonds. The molecule has 1 aromatic carbocycles. The Hall–Kier alpha value is -1.89. The number of nitrogens with zero attached hydrogens (tertiary/aromatic N) is 1. The van der Waals surface area contributed by atoms with Gasteiger partial charge in [-0.25, -0.2) is 0 Å². The summed E-state index contributed by atoms with van der Waals surface area (Å²) in [4.78, 5) is 3.96. The fourth-order valence-corrected chi connectivity index (χ4v) is 1.67. The molecule has 0 aromatic heterocycles. The quantitative estimate of drug-likeness (QED) is 0.536. The van der Waals surface area contributed by atoms with Crippen LogP contribution in [0.2, 0.25) is 0 Å². The van der Waals surface area contributed by atoms with Crippen molar-refractivity contribution in [1.82, 2.24) is 0 Å². The van der Waals surface area contributed by atoms with Crippen LogP contribution in [0.1, 0.15) is 18.1 Å². The van der Waals surface area contributed by atoms with Crippen LogP contribution in [0.15, 0.2) is 65.2 Å². The molecule has 0 aliphatic heterocycles. The number of allylic oxidation sites excluding steroid dienone is 6. The van der Waals surface area contributed by atoms with E-state index in [-0.39, 0.29) is 0 Å². The van der Waals surface area contributed by atoms with Crippen molar-refractivity contribution in [2.24, 2.45) is 4.99 Å². The Morgan fingerprint density at radius 1 is 1.22 bits per heavy atom. The first-order valence-electron chi connectivity index (χ1n) is 6.23. The van der Waals surface area contributed by atoms with E-state index in [0.29, 0.717) is 0 Å². The van der Waals surface area contributed by atoms with Crippen molar-refractivity contribution >= 4 is 6.21 Å². The third-order valence-electron chi connectivity index (χ3n) is 2.70. The molecule has 18 heavy (non-hydrogen) atoms. The van der Waals surface area contributed by atoms with E-state index in [2.05, 4.69) is 54.4 Å². The van der Waals surface area contributed by atoms with Gasteiger partial charge in [0.2, 0.25) is 0 Å². The van der Waals surface area contributed by atoms with Gasteiger partial charge in [-0.2, -0.15) is 0 Å². The molecule has 1 nitrogen and oxygen atoms in total. The summed E-state index contributed by atoms with van der Waals surface area (Å²) in [5.41, 5.74) is 3.98. The number of hydrogen-bond acceptors (Lipinski definition) is 1. The normalized spacial score (nSPS) is 13.2. The monoisotopic (exact) mass is 239 g/mol. The van der Waals surface area contributed by atoms with Crippen LogP contribution in [-0.2, 0) is 6.42 Å². The van der Waals surface area contributed by atoms with Crippen LogP contribution in [0.4, 0.5) is 0 Å². The lowest BCUT2D eigenvalue weighted by molar-refractivity contribution is 1.16. The number of benzene rings is 1. The van der Waals surface area contributed by atoms with Gasteiger partial charge >= 0.3 is 0 Å². The van der Waals surface area contributed by atoms with E-state index in [9.17, 15) is 0 Å². The topological polar surface area (TPSA) is 12.4 Å². The molecule has 0 bridgehead atoms. The van der Waals surface area contributed by atoms with Crippen molar-refractivity contribution in [3.63, 3.8) is 0 Å². The van der Waals surface area contributed by atoms with Crippen molar-refractivity contribution in [2.75, 3.05) is 7.05 Å². The molecule has 0 aliphatic rings. The van der Waals surface area contributed by atoms with Crippen LogP contribution in [0.3, 0.4) is 0 Å². The van der Waals surface area contributed by atoms with Crippen LogP contribution in [0, 0.1) is 6.92 Å². The number of aliphatic imine (C=N–C) groups is 1. The lowest BCUT2D eigenvalue weighted by Gasteiger charge is -2.05. The minimum Gasteiger partial charge on any atom is -0.297 e. The summed E-state index contributed by atoms with van der Waals surface area (Å²) < 4.78 is 0. The predicted molar refractivity (Wildman–Crippen MR) is 81.3 cm³/mol. The van der Waals surface area contributed by atoms with Gasteiger partial charge in [-0.15, -0.1) is 0 Å². The summed E-state index contributed by atoms with van der Waals surface area (Å²) in [6, 6.07) is 8.50. The summed E-state index contributed by atoms with van der Waals surface area (Å²) in [6.45, 7) is 4.18. The van der Waals surface area contributed by atoms with Gasteiger partial charge in [-0.05, 0) is 43.0 Å². The lowest BCUT2D eigenvalue weighted by atomic mass is 10.00. The van der Waals surface area contributed by atoms with Crippen molar-refractivity contribution in [3.8, 4) is 0 Å². The zero-order valence-corrected chi connectivity index (χ0v) is 11.4.